The highest BCUT2D eigenvalue weighted by Gasteiger charge is 2.62. The lowest BCUT2D eigenvalue weighted by molar-refractivity contribution is -0.0246. The standard InChI is InChI=1S/C15H19Cl2NO2/c1-14(2)8-4-5-15(14,3)11(6-8)20-13(19)10-7-9(16)12(17)18-10/h7-8,11,18H,4-6H2,1-3H3. The third-order valence-electron chi connectivity index (χ3n) is 5.91. The van der Waals surface area contributed by atoms with Gasteiger partial charge in [0.15, 0.2) is 0 Å². The Balaban J connectivity index is 1.78. The molecule has 2 saturated carbocycles. The highest BCUT2D eigenvalue weighted by atomic mass is 35.5. The van der Waals surface area contributed by atoms with E-state index in [2.05, 4.69) is 25.8 Å². The molecule has 5 heteroatoms. The molecule has 1 aromatic rings. The van der Waals surface area contributed by atoms with Crippen molar-refractivity contribution < 1.29 is 9.53 Å². The number of carbonyl (C=O) groups excluding carboxylic acids is 1. The first-order valence-corrected chi connectivity index (χ1v) is 7.76. The summed E-state index contributed by atoms with van der Waals surface area (Å²) in [7, 11) is 0. The van der Waals surface area contributed by atoms with Gasteiger partial charge >= 0.3 is 5.97 Å². The molecule has 0 radical (unpaired) electrons. The average Bonchev–Trinajstić information content (AvgIpc) is 2.87. The van der Waals surface area contributed by atoms with Gasteiger partial charge in [0, 0.05) is 5.41 Å². The number of fused-ring (bicyclic) bond motifs is 2. The van der Waals surface area contributed by atoms with Crippen LogP contribution in [0.15, 0.2) is 6.07 Å². The summed E-state index contributed by atoms with van der Waals surface area (Å²) in [6.07, 6.45) is 3.29. The lowest BCUT2D eigenvalue weighted by atomic mass is 9.70. The minimum absolute atomic E-state index is 0.0235. The fourth-order valence-corrected chi connectivity index (χ4v) is 4.33. The van der Waals surface area contributed by atoms with Gasteiger partial charge in [-0.3, -0.25) is 0 Å². The zero-order chi connectivity index (χ0) is 14.7. The first kappa shape index (κ1) is 14.3. The second-order valence-electron chi connectivity index (χ2n) is 6.85. The van der Waals surface area contributed by atoms with Gasteiger partial charge in [0.2, 0.25) is 0 Å². The van der Waals surface area contributed by atoms with Crippen LogP contribution in [0, 0.1) is 16.7 Å². The van der Waals surface area contributed by atoms with E-state index < -0.39 is 0 Å². The number of hydrogen-bond acceptors (Lipinski definition) is 2. The maximum Gasteiger partial charge on any atom is 0.355 e. The third kappa shape index (κ3) is 1.82. The Kier molecular flexibility index (Phi) is 3.15. The molecule has 3 rings (SSSR count). The molecule has 2 aliphatic rings. The van der Waals surface area contributed by atoms with Crippen LogP contribution in [0.4, 0.5) is 0 Å². The van der Waals surface area contributed by atoms with Crippen molar-refractivity contribution in [2.75, 3.05) is 0 Å². The monoisotopic (exact) mass is 315 g/mol. The van der Waals surface area contributed by atoms with Crippen LogP contribution in [0.2, 0.25) is 10.2 Å². The van der Waals surface area contributed by atoms with Gasteiger partial charge in [-0.1, -0.05) is 44.0 Å². The van der Waals surface area contributed by atoms with E-state index in [4.69, 9.17) is 27.9 Å². The van der Waals surface area contributed by atoms with E-state index in [1.165, 1.54) is 12.5 Å². The van der Waals surface area contributed by atoms with Crippen LogP contribution in [0.25, 0.3) is 0 Å². The molecule has 3 nitrogen and oxygen atoms in total. The van der Waals surface area contributed by atoms with Crippen molar-refractivity contribution in [2.45, 2.75) is 46.1 Å². The van der Waals surface area contributed by atoms with Crippen LogP contribution >= 0.6 is 23.2 Å². The van der Waals surface area contributed by atoms with Gasteiger partial charge in [-0.05, 0) is 36.7 Å². The summed E-state index contributed by atoms with van der Waals surface area (Å²) in [5.41, 5.74) is 0.611. The second kappa shape index (κ2) is 4.41. The molecule has 110 valence electrons. The topological polar surface area (TPSA) is 42.1 Å². The Morgan fingerprint density at radius 3 is 2.55 bits per heavy atom. The summed E-state index contributed by atoms with van der Waals surface area (Å²) in [6, 6.07) is 1.52. The highest BCUT2D eigenvalue weighted by Crippen LogP contribution is 2.66. The molecule has 3 atom stereocenters. The number of hydrogen-bond donors (Lipinski definition) is 1. The molecule has 0 aliphatic heterocycles. The fourth-order valence-electron chi connectivity index (χ4n) is 4.02. The van der Waals surface area contributed by atoms with Crippen molar-refractivity contribution in [3.8, 4) is 0 Å². The van der Waals surface area contributed by atoms with E-state index in [-0.39, 0.29) is 28.1 Å². The van der Waals surface area contributed by atoms with Gasteiger partial charge in [0.05, 0.1) is 5.02 Å². The second-order valence-corrected chi connectivity index (χ2v) is 7.63. The first-order chi connectivity index (χ1) is 9.25. The number of H-pyrrole nitrogens is 1. The van der Waals surface area contributed by atoms with Crippen molar-refractivity contribution in [3.05, 3.63) is 21.9 Å². The van der Waals surface area contributed by atoms with E-state index in [9.17, 15) is 4.79 Å². The van der Waals surface area contributed by atoms with Gasteiger partial charge in [-0.15, -0.1) is 0 Å². The van der Waals surface area contributed by atoms with Gasteiger partial charge in [-0.25, -0.2) is 4.79 Å². The number of ether oxygens (including phenoxy) is 1. The Bertz CT molecular complexity index is 547. The molecule has 3 unspecified atom stereocenters. The molecule has 0 aromatic carbocycles. The van der Waals surface area contributed by atoms with E-state index in [1.54, 1.807) is 0 Å². The number of esters is 1. The zero-order valence-electron chi connectivity index (χ0n) is 11.9. The van der Waals surface area contributed by atoms with Crippen LogP contribution in [-0.4, -0.2) is 17.1 Å². The van der Waals surface area contributed by atoms with Crippen LogP contribution in [-0.2, 0) is 4.74 Å². The van der Waals surface area contributed by atoms with Crippen molar-refractivity contribution in [3.63, 3.8) is 0 Å². The van der Waals surface area contributed by atoms with Crippen molar-refractivity contribution >= 4 is 29.2 Å². The minimum Gasteiger partial charge on any atom is -0.457 e. The van der Waals surface area contributed by atoms with E-state index in [0.717, 1.165) is 12.8 Å². The van der Waals surface area contributed by atoms with Crippen LogP contribution in [0.3, 0.4) is 0 Å². The molecular formula is C15H19Cl2NO2. The molecule has 0 spiro atoms. The number of carbonyl (C=O) groups is 1. The van der Waals surface area contributed by atoms with Crippen molar-refractivity contribution in [1.82, 2.24) is 4.98 Å². The van der Waals surface area contributed by atoms with Crippen molar-refractivity contribution in [2.24, 2.45) is 16.7 Å². The molecule has 0 saturated heterocycles. The summed E-state index contributed by atoms with van der Waals surface area (Å²) in [4.78, 5) is 15.0. The Morgan fingerprint density at radius 2 is 2.10 bits per heavy atom. The molecule has 2 bridgehead atoms. The maximum absolute atomic E-state index is 12.2. The minimum atomic E-state index is -0.367. The largest absolute Gasteiger partial charge is 0.457 e. The predicted molar refractivity (Wildman–Crippen MR) is 79.2 cm³/mol. The Hall–Kier alpha value is -0.670. The summed E-state index contributed by atoms with van der Waals surface area (Å²) in [5.74, 6) is 0.273. The molecule has 20 heavy (non-hydrogen) atoms. The average molecular weight is 316 g/mol. The van der Waals surface area contributed by atoms with Gasteiger partial charge in [-0.2, -0.15) is 0 Å². The lowest BCUT2D eigenvalue weighted by Crippen LogP contribution is -2.38. The normalized spacial score (nSPS) is 34.5. The van der Waals surface area contributed by atoms with E-state index >= 15 is 0 Å². The van der Waals surface area contributed by atoms with Crippen LogP contribution in [0.5, 0.6) is 0 Å². The fraction of sp³-hybridized carbons (Fsp3) is 0.667. The molecule has 1 N–H and O–H groups in total. The molecule has 2 fully saturated rings. The molecule has 1 heterocycles. The zero-order valence-corrected chi connectivity index (χ0v) is 13.4. The highest BCUT2D eigenvalue weighted by molar-refractivity contribution is 6.41. The third-order valence-corrected chi connectivity index (χ3v) is 6.60. The predicted octanol–water partition coefficient (Wildman–Crippen LogP) is 4.69. The number of rotatable bonds is 2. The first-order valence-electron chi connectivity index (χ1n) is 7.00. The molecule has 2 aliphatic carbocycles. The number of aromatic nitrogens is 1. The Labute approximate surface area is 129 Å². The SMILES string of the molecule is CC1(C)C2CCC1(C)C(OC(=O)c1cc(Cl)c(Cl)[nH]1)C2. The maximum atomic E-state index is 12.2. The van der Waals surface area contributed by atoms with Crippen molar-refractivity contribution in [1.29, 1.82) is 0 Å². The molecular weight excluding hydrogens is 297 g/mol. The van der Waals surface area contributed by atoms with Gasteiger partial charge < -0.3 is 9.72 Å². The van der Waals surface area contributed by atoms with Crippen LogP contribution in [0.1, 0.15) is 50.5 Å². The summed E-state index contributed by atoms with van der Waals surface area (Å²) in [5, 5.41) is 0.621. The van der Waals surface area contributed by atoms with Crippen LogP contribution < -0.4 is 0 Å². The molecule has 0 amide bonds. The summed E-state index contributed by atoms with van der Waals surface area (Å²) < 4.78 is 5.75. The Morgan fingerprint density at radius 1 is 1.40 bits per heavy atom. The molecule has 1 aromatic heterocycles. The number of aromatic amines is 1. The lowest BCUT2D eigenvalue weighted by Gasteiger charge is -2.38. The quantitative estimate of drug-likeness (QED) is 0.804. The number of halogens is 2. The van der Waals surface area contributed by atoms with E-state index in [0.29, 0.717) is 16.6 Å². The summed E-state index contributed by atoms with van der Waals surface area (Å²) >= 11 is 11.7. The smallest absolute Gasteiger partial charge is 0.355 e. The van der Waals surface area contributed by atoms with Gasteiger partial charge in [0.25, 0.3) is 0 Å². The van der Waals surface area contributed by atoms with Gasteiger partial charge in [0.1, 0.15) is 17.0 Å². The summed E-state index contributed by atoms with van der Waals surface area (Å²) in [6.45, 7) is 6.83. The number of nitrogens with one attached hydrogen (secondary N) is 1. The van der Waals surface area contributed by atoms with E-state index in [1.807, 2.05) is 0 Å².